The number of carboxylic acids is 1. The smallest absolute Gasteiger partial charge is 0.314 e. The summed E-state index contributed by atoms with van der Waals surface area (Å²) in [5.74, 6) is -1.30. The molecule has 0 saturated heterocycles. The average Bonchev–Trinajstić information content (AvgIpc) is 2.78. The molecular formula is C14H17FO3. The Balaban J connectivity index is 2.64. The molecule has 0 unspecified atom stereocenters. The Bertz CT molecular complexity index is 476. The molecule has 0 bridgehead atoms. The second kappa shape index (κ2) is 4.59. The minimum atomic E-state index is -0.988. The van der Waals surface area contributed by atoms with Crippen molar-refractivity contribution in [2.75, 3.05) is 7.11 Å². The molecule has 1 N–H and O–H groups in total. The van der Waals surface area contributed by atoms with Crippen molar-refractivity contribution in [2.45, 2.75) is 38.0 Å². The third kappa shape index (κ3) is 1.85. The number of halogens is 1. The zero-order chi connectivity index (χ0) is 13.3. The lowest BCUT2D eigenvalue weighted by Crippen LogP contribution is -2.33. The Morgan fingerprint density at radius 1 is 1.39 bits per heavy atom. The van der Waals surface area contributed by atoms with Crippen LogP contribution in [0.15, 0.2) is 12.1 Å². The molecule has 0 aliphatic heterocycles. The van der Waals surface area contributed by atoms with Gasteiger partial charge in [-0.25, -0.2) is 4.39 Å². The topological polar surface area (TPSA) is 46.5 Å². The molecular weight excluding hydrogens is 235 g/mol. The molecule has 1 aliphatic rings. The highest BCUT2D eigenvalue weighted by atomic mass is 19.1. The fraction of sp³-hybridized carbons (Fsp3) is 0.500. The molecule has 0 radical (unpaired) electrons. The molecule has 4 heteroatoms. The molecule has 1 aliphatic carbocycles. The van der Waals surface area contributed by atoms with Crippen LogP contribution in [-0.2, 0) is 10.2 Å². The van der Waals surface area contributed by atoms with Gasteiger partial charge in [-0.3, -0.25) is 4.79 Å². The van der Waals surface area contributed by atoms with Gasteiger partial charge in [-0.05, 0) is 31.4 Å². The van der Waals surface area contributed by atoms with Crippen molar-refractivity contribution in [3.8, 4) is 5.75 Å². The van der Waals surface area contributed by atoms with Crippen LogP contribution in [0.2, 0.25) is 0 Å². The number of carbonyl (C=O) groups is 1. The first-order valence-corrected chi connectivity index (χ1v) is 6.09. The first-order valence-electron chi connectivity index (χ1n) is 6.09. The van der Waals surface area contributed by atoms with Crippen LogP contribution >= 0.6 is 0 Å². The highest BCUT2D eigenvalue weighted by Crippen LogP contribution is 2.46. The summed E-state index contributed by atoms with van der Waals surface area (Å²) in [6.45, 7) is 1.76. The number of methoxy groups -OCH3 is 1. The monoisotopic (exact) mass is 252 g/mol. The van der Waals surface area contributed by atoms with Crippen molar-refractivity contribution in [3.05, 3.63) is 29.1 Å². The van der Waals surface area contributed by atoms with E-state index in [2.05, 4.69) is 0 Å². The summed E-state index contributed by atoms with van der Waals surface area (Å²) in [4.78, 5) is 11.6. The van der Waals surface area contributed by atoms with Crippen LogP contribution in [0.4, 0.5) is 4.39 Å². The molecule has 0 amide bonds. The van der Waals surface area contributed by atoms with Crippen LogP contribution in [-0.4, -0.2) is 18.2 Å². The number of benzene rings is 1. The Morgan fingerprint density at radius 3 is 2.50 bits per heavy atom. The minimum absolute atomic E-state index is 0.0740. The van der Waals surface area contributed by atoms with E-state index in [0.29, 0.717) is 18.4 Å². The maximum absolute atomic E-state index is 13.9. The van der Waals surface area contributed by atoms with Crippen LogP contribution < -0.4 is 4.74 Å². The molecule has 98 valence electrons. The lowest BCUT2D eigenvalue weighted by atomic mass is 9.78. The normalized spacial score (nSPS) is 17.7. The zero-order valence-electron chi connectivity index (χ0n) is 10.6. The first-order chi connectivity index (χ1) is 8.51. The van der Waals surface area contributed by atoms with Gasteiger partial charge in [0.1, 0.15) is 0 Å². The minimum Gasteiger partial charge on any atom is -0.493 e. The molecule has 3 nitrogen and oxygen atoms in total. The Hall–Kier alpha value is -1.58. The lowest BCUT2D eigenvalue weighted by Gasteiger charge is -2.27. The van der Waals surface area contributed by atoms with Gasteiger partial charge in [0.25, 0.3) is 0 Å². The summed E-state index contributed by atoms with van der Waals surface area (Å²) in [5.41, 5.74) is 0.210. The van der Waals surface area contributed by atoms with Crippen LogP contribution in [0, 0.1) is 12.7 Å². The lowest BCUT2D eigenvalue weighted by molar-refractivity contribution is -0.143. The highest BCUT2D eigenvalue weighted by molar-refractivity contribution is 5.83. The van der Waals surface area contributed by atoms with Crippen molar-refractivity contribution in [1.82, 2.24) is 0 Å². The number of hydrogen-bond donors (Lipinski definition) is 1. The zero-order valence-corrected chi connectivity index (χ0v) is 10.6. The van der Waals surface area contributed by atoms with Gasteiger partial charge < -0.3 is 9.84 Å². The van der Waals surface area contributed by atoms with Gasteiger partial charge in [-0.15, -0.1) is 0 Å². The molecule has 0 spiro atoms. The predicted molar refractivity (Wildman–Crippen MR) is 65.5 cm³/mol. The number of aliphatic carboxylic acids is 1. The number of ether oxygens (including phenoxy) is 1. The summed E-state index contributed by atoms with van der Waals surface area (Å²) in [5, 5.41) is 9.54. The molecule has 1 aromatic rings. The van der Waals surface area contributed by atoms with Gasteiger partial charge in [0.2, 0.25) is 0 Å². The molecule has 0 heterocycles. The largest absolute Gasteiger partial charge is 0.493 e. The Morgan fingerprint density at radius 2 is 2.00 bits per heavy atom. The van der Waals surface area contributed by atoms with E-state index in [1.54, 1.807) is 13.0 Å². The van der Waals surface area contributed by atoms with E-state index in [-0.39, 0.29) is 5.75 Å². The van der Waals surface area contributed by atoms with Gasteiger partial charge in [0.05, 0.1) is 12.5 Å². The molecule has 2 rings (SSSR count). The predicted octanol–water partition coefficient (Wildman–Crippen LogP) is 3.04. The molecule has 0 aromatic heterocycles. The van der Waals surface area contributed by atoms with Crippen molar-refractivity contribution in [1.29, 1.82) is 0 Å². The quantitative estimate of drug-likeness (QED) is 0.899. The molecule has 1 aromatic carbocycles. The third-order valence-electron chi connectivity index (χ3n) is 3.77. The standard InChI is InChI=1S/C14H17FO3/c1-9-7-10(12(18-2)11(15)8-9)14(13(16)17)5-3-4-6-14/h7-8H,3-6H2,1-2H3,(H,16,17). The van der Waals surface area contributed by atoms with Crippen LogP contribution in [0.3, 0.4) is 0 Å². The van der Waals surface area contributed by atoms with E-state index < -0.39 is 17.2 Å². The first kappa shape index (κ1) is 12.9. The second-order valence-corrected chi connectivity index (χ2v) is 4.92. The molecule has 1 saturated carbocycles. The summed E-state index contributed by atoms with van der Waals surface area (Å²) >= 11 is 0. The maximum Gasteiger partial charge on any atom is 0.314 e. The van der Waals surface area contributed by atoms with E-state index in [1.807, 2.05) is 0 Å². The van der Waals surface area contributed by atoms with Crippen LogP contribution in [0.5, 0.6) is 5.75 Å². The van der Waals surface area contributed by atoms with Gasteiger partial charge >= 0.3 is 5.97 Å². The highest BCUT2D eigenvalue weighted by Gasteiger charge is 2.45. The maximum atomic E-state index is 13.9. The van der Waals surface area contributed by atoms with Crippen molar-refractivity contribution >= 4 is 5.97 Å². The van der Waals surface area contributed by atoms with Gasteiger partial charge in [0, 0.05) is 5.56 Å². The fourth-order valence-electron chi connectivity index (χ4n) is 2.87. The van der Waals surface area contributed by atoms with E-state index >= 15 is 0 Å². The van der Waals surface area contributed by atoms with Crippen molar-refractivity contribution in [2.24, 2.45) is 0 Å². The molecule has 0 atom stereocenters. The Kier molecular flexibility index (Phi) is 3.28. The summed E-state index contributed by atoms with van der Waals surface area (Å²) in [7, 11) is 1.38. The summed E-state index contributed by atoms with van der Waals surface area (Å²) in [6.07, 6.45) is 2.79. The number of rotatable bonds is 3. The summed E-state index contributed by atoms with van der Waals surface area (Å²) < 4.78 is 19.0. The average molecular weight is 252 g/mol. The third-order valence-corrected chi connectivity index (χ3v) is 3.77. The van der Waals surface area contributed by atoms with Gasteiger partial charge in [0.15, 0.2) is 11.6 Å². The van der Waals surface area contributed by atoms with Crippen molar-refractivity contribution in [3.63, 3.8) is 0 Å². The molecule has 1 fully saturated rings. The van der Waals surface area contributed by atoms with Crippen LogP contribution in [0.1, 0.15) is 36.8 Å². The van der Waals surface area contributed by atoms with E-state index in [4.69, 9.17) is 4.74 Å². The number of carboxylic acid groups (broad SMARTS) is 1. The van der Waals surface area contributed by atoms with Gasteiger partial charge in [-0.1, -0.05) is 18.9 Å². The Labute approximate surface area is 106 Å². The van der Waals surface area contributed by atoms with Crippen LogP contribution in [0.25, 0.3) is 0 Å². The van der Waals surface area contributed by atoms with E-state index in [9.17, 15) is 14.3 Å². The van der Waals surface area contributed by atoms with Gasteiger partial charge in [-0.2, -0.15) is 0 Å². The second-order valence-electron chi connectivity index (χ2n) is 4.92. The van der Waals surface area contributed by atoms with E-state index in [0.717, 1.165) is 18.4 Å². The number of aryl methyl sites for hydroxylation is 1. The fourth-order valence-corrected chi connectivity index (χ4v) is 2.87. The van der Waals surface area contributed by atoms with Crippen molar-refractivity contribution < 1.29 is 19.0 Å². The molecule has 18 heavy (non-hydrogen) atoms. The number of hydrogen-bond acceptors (Lipinski definition) is 2. The summed E-state index contributed by atoms with van der Waals surface area (Å²) in [6, 6.07) is 3.11. The van der Waals surface area contributed by atoms with E-state index in [1.165, 1.54) is 13.2 Å². The SMILES string of the molecule is COc1c(F)cc(C)cc1C1(C(=O)O)CCCC1.